The standard InChI is InChI=1S/C14H19ClN2O3/c1-9-5-6-12(11(15)8-9)17-14(20)16-7-3-4-10(2)13(18)19/h5-6,8,10H,3-4,7H2,1-2H3,(H,18,19)(H2,16,17,20). The number of rotatable bonds is 6. The molecule has 20 heavy (non-hydrogen) atoms. The second-order valence-corrected chi connectivity index (χ2v) is 5.15. The molecule has 0 aliphatic carbocycles. The summed E-state index contributed by atoms with van der Waals surface area (Å²) in [5.74, 6) is -1.22. The second kappa shape index (κ2) is 7.75. The fourth-order valence-electron chi connectivity index (χ4n) is 1.62. The van der Waals surface area contributed by atoms with Gasteiger partial charge >= 0.3 is 12.0 Å². The van der Waals surface area contributed by atoms with E-state index in [0.29, 0.717) is 30.1 Å². The lowest BCUT2D eigenvalue weighted by molar-refractivity contribution is -0.141. The molecule has 5 nitrogen and oxygen atoms in total. The molecule has 1 unspecified atom stereocenters. The Labute approximate surface area is 123 Å². The summed E-state index contributed by atoms with van der Waals surface area (Å²) in [4.78, 5) is 22.3. The smallest absolute Gasteiger partial charge is 0.319 e. The maximum absolute atomic E-state index is 11.6. The number of urea groups is 1. The van der Waals surface area contributed by atoms with Crippen LogP contribution in [-0.2, 0) is 4.79 Å². The number of amides is 2. The highest BCUT2D eigenvalue weighted by Crippen LogP contribution is 2.22. The van der Waals surface area contributed by atoms with Gasteiger partial charge in [0.15, 0.2) is 0 Å². The summed E-state index contributed by atoms with van der Waals surface area (Å²) < 4.78 is 0. The molecule has 6 heteroatoms. The third-order valence-electron chi connectivity index (χ3n) is 2.89. The molecule has 0 spiro atoms. The highest BCUT2D eigenvalue weighted by Gasteiger charge is 2.10. The summed E-state index contributed by atoms with van der Waals surface area (Å²) in [5, 5.41) is 14.5. The number of aryl methyl sites for hydroxylation is 1. The lowest BCUT2D eigenvalue weighted by Gasteiger charge is -2.10. The molecule has 0 saturated heterocycles. The number of aliphatic carboxylic acids is 1. The summed E-state index contributed by atoms with van der Waals surface area (Å²) in [6.07, 6.45) is 1.14. The quantitative estimate of drug-likeness (QED) is 0.705. The van der Waals surface area contributed by atoms with E-state index >= 15 is 0 Å². The van der Waals surface area contributed by atoms with E-state index in [4.69, 9.17) is 16.7 Å². The van der Waals surface area contributed by atoms with Gasteiger partial charge in [0.05, 0.1) is 16.6 Å². The Morgan fingerprint density at radius 3 is 2.70 bits per heavy atom. The molecule has 0 bridgehead atoms. The van der Waals surface area contributed by atoms with Gasteiger partial charge in [-0.3, -0.25) is 4.79 Å². The number of anilines is 1. The minimum atomic E-state index is -0.819. The van der Waals surface area contributed by atoms with E-state index in [0.717, 1.165) is 5.56 Å². The average molecular weight is 299 g/mol. The van der Waals surface area contributed by atoms with Crippen LogP contribution in [0.1, 0.15) is 25.3 Å². The maximum Gasteiger partial charge on any atom is 0.319 e. The molecule has 1 rings (SSSR count). The van der Waals surface area contributed by atoms with Gasteiger partial charge in [0.1, 0.15) is 0 Å². The highest BCUT2D eigenvalue weighted by atomic mass is 35.5. The number of hydrogen-bond acceptors (Lipinski definition) is 2. The molecule has 3 N–H and O–H groups in total. The van der Waals surface area contributed by atoms with Crippen molar-refractivity contribution < 1.29 is 14.7 Å². The van der Waals surface area contributed by atoms with Crippen LogP contribution in [0.15, 0.2) is 18.2 Å². The molecule has 0 heterocycles. The zero-order valence-electron chi connectivity index (χ0n) is 11.6. The SMILES string of the molecule is Cc1ccc(NC(=O)NCCCC(C)C(=O)O)c(Cl)c1. The molecule has 110 valence electrons. The summed E-state index contributed by atoms with van der Waals surface area (Å²) in [7, 11) is 0. The topological polar surface area (TPSA) is 78.4 Å². The molecule has 0 aliphatic rings. The zero-order chi connectivity index (χ0) is 15.1. The van der Waals surface area contributed by atoms with E-state index < -0.39 is 11.9 Å². The molecule has 1 aromatic rings. The number of halogens is 1. The van der Waals surface area contributed by atoms with Crippen molar-refractivity contribution in [2.24, 2.45) is 5.92 Å². The van der Waals surface area contributed by atoms with Gasteiger partial charge < -0.3 is 15.7 Å². The molecule has 0 aliphatic heterocycles. The van der Waals surface area contributed by atoms with Crippen LogP contribution in [0.5, 0.6) is 0 Å². The molecule has 0 saturated carbocycles. The van der Waals surface area contributed by atoms with Crippen molar-refractivity contribution in [3.8, 4) is 0 Å². The fraction of sp³-hybridized carbons (Fsp3) is 0.429. The number of nitrogens with one attached hydrogen (secondary N) is 2. The van der Waals surface area contributed by atoms with Crippen molar-refractivity contribution in [2.45, 2.75) is 26.7 Å². The Bertz CT molecular complexity index is 491. The first kappa shape index (κ1) is 16.3. The molecular formula is C14H19ClN2O3. The Kier molecular flexibility index (Phi) is 6.31. The minimum Gasteiger partial charge on any atom is -0.481 e. The van der Waals surface area contributed by atoms with Crippen LogP contribution < -0.4 is 10.6 Å². The van der Waals surface area contributed by atoms with Gasteiger partial charge in [0.25, 0.3) is 0 Å². The Hall–Kier alpha value is -1.75. The van der Waals surface area contributed by atoms with Crippen LogP contribution in [0.3, 0.4) is 0 Å². The first-order valence-corrected chi connectivity index (χ1v) is 6.81. The van der Waals surface area contributed by atoms with Crippen molar-refractivity contribution >= 4 is 29.3 Å². The average Bonchev–Trinajstić information content (AvgIpc) is 2.37. The number of carboxylic acid groups (broad SMARTS) is 1. The normalized spacial score (nSPS) is 11.8. The number of carbonyl (C=O) groups is 2. The molecule has 0 aromatic heterocycles. The van der Waals surface area contributed by atoms with Crippen LogP contribution in [-0.4, -0.2) is 23.7 Å². The van der Waals surface area contributed by atoms with Gasteiger partial charge in [-0.15, -0.1) is 0 Å². The highest BCUT2D eigenvalue weighted by molar-refractivity contribution is 6.33. The van der Waals surface area contributed by atoms with Gasteiger partial charge in [0, 0.05) is 6.54 Å². The lowest BCUT2D eigenvalue weighted by Crippen LogP contribution is -2.30. The molecule has 1 atom stereocenters. The van der Waals surface area contributed by atoms with E-state index in [1.165, 1.54) is 0 Å². The van der Waals surface area contributed by atoms with Gasteiger partial charge in [-0.1, -0.05) is 24.6 Å². The Morgan fingerprint density at radius 2 is 2.10 bits per heavy atom. The minimum absolute atomic E-state index is 0.348. The molecule has 2 amide bonds. The van der Waals surface area contributed by atoms with E-state index in [9.17, 15) is 9.59 Å². The third-order valence-corrected chi connectivity index (χ3v) is 3.21. The molecule has 1 aromatic carbocycles. The summed E-state index contributed by atoms with van der Waals surface area (Å²) in [6.45, 7) is 3.99. The van der Waals surface area contributed by atoms with Crippen molar-refractivity contribution in [3.63, 3.8) is 0 Å². The number of carboxylic acids is 1. The molecule has 0 radical (unpaired) electrons. The summed E-state index contributed by atoms with van der Waals surface area (Å²) >= 11 is 6.00. The first-order valence-electron chi connectivity index (χ1n) is 6.44. The van der Waals surface area contributed by atoms with Crippen LogP contribution in [0.25, 0.3) is 0 Å². The van der Waals surface area contributed by atoms with E-state index in [1.54, 1.807) is 19.1 Å². The molecular weight excluding hydrogens is 280 g/mol. The predicted octanol–water partition coefficient (Wildman–Crippen LogP) is 3.27. The monoisotopic (exact) mass is 298 g/mol. The van der Waals surface area contributed by atoms with E-state index in [2.05, 4.69) is 10.6 Å². The number of benzene rings is 1. The third kappa shape index (κ3) is 5.48. The van der Waals surface area contributed by atoms with E-state index in [1.807, 2.05) is 13.0 Å². The molecule has 0 fully saturated rings. The van der Waals surface area contributed by atoms with Gasteiger partial charge in [0.2, 0.25) is 0 Å². The van der Waals surface area contributed by atoms with Gasteiger partial charge in [-0.05, 0) is 37.5 Å². The lowest BCUT2D eigenvalue weighted by atomic mass is 10.1. The van der Waals surface area contributed by atoms with Crippen LogP contribution in [0.4, 0.5) is 10.5 Å². The summed E-state index contributed by atoms with van der Waals surface area (Å²) in [6, 6.07) is 5.02. The van der Waals surface area contributed by atoms with Crippen molar-refractivity contribution in [3.05, 3.63) is 28.8 Å². The van der Waals surface area contributed by atoms with Crippen LogP contribution >= 0.6 is 11.6 Å². The number of hydrogen-bond donors (Lipinski definition) is 3. The van der Waals surface area contributed by atoms with Crippen LogP contribution in [0.2, 0.25) is 5.02 Å². The largest absolute Gasteiger partial charge is 0.481 e. The van der Waals surface area contributed by atoms with Crippen molar-refractivity contribution in [1.82, 2.24) is 5.32 Å². The van der Waals surface area contributed by atoms with Crippen LogP contribution in [0, 0.1) is 12.8 Å². The second-order valence-electron chi connectivity index (χ2n) is 4.75. The van der Waals surface area contributed by atoms with Gasteiger partial charge in [-0.2, -0.15) is 0 Å². The Morgan fingerprint density at radius 1 is 1.40 bits per heavy atom. The van der Waals surface area contributed by atoms with E-state index in [-0.39, 0.29) is 6.03 Å². The first-order chi connectivity index (χ1) is 9.40. The Balaban J connectivity index is 2.32. The maximum atomic E-state index is 11.6. The van der Waals surface area contributed by atoms with Crippen molar-refractivity contribution in [2.75, 3.05) is 11.9 Å². The van der Waals surface area contributed by atoms with Gasteiger partial charge in [-0.25, -0.2) is 4.79 Å². The predicted molar refractivity (Wildman–Crippen MR) is 79.2 cm³/mol. The fourth-order valence-corrected chi connectivity index (χ4v) is 1.90. The zero-order valence-corrected chi connectivity index (χ0v) is 12.3. The number of carbonyl (C=O) groups excluding carboxylic acids is 1. The van der Waals surface area contributed by atoms with Crippen molar-refractivity contribution in [1.29, 1.82) is 0 Å². The summed E-state index contributed by atoms with van der Waals surface area (Å²) in [5.41, 5.74) is 1.57.